The molecule has 126 valence electrons. The van der Waals surface area contributed by atoms with Gasteiger partial charge in [-0.2, -0.15) is 0 Å². The molecule has 2 N–H and O–H groups in total. The van der Waals surface area contributed by atoms with E-state index in [-0.39, 0.29) is 25.7 Å². The third-order valence-corrected chi connectivity index (χ3v) is 3.77. The van der Waals surface area contributed by atoms with Crippen molar-refractivity contribution >= 4 is 27.5 Å². The number of benzene rings is 2. The minimum absolute atomic E-state index is 0.0143. The normalized spacial score (nSPS) is 14.2. The van der Waals surface area contributed by atoms with Crippen LogP contribution in [0, 0.1) is 0 Å². The van der Waals surface area contributed by atoms with E-state index < -0.39 is 6.10 Å². The Morgan fingerprint density at radius 2 is 2.00 bits per heavy atom. The Balaban J connectivity index is 1.55. The van der Waals surface area contributed by atoms with Gasteiger partial charge in [0.25, 0.3) is 5.91 Å². The van der Waals surface area contributed by atoms with Crippen molar-refractivity contribution in [2.75, 3.05) is 25.1 Å². The van der Waals surface area contributed by atoms with Gasteiger partial charge in [0.1, 0.15) is 42.3 Å². The zero-order chi connectivity index (χ0) is 16.9. The molecule has 0 aromatic heterocycles. The number of hydrogen-bond donors (Lipinski definition) is 2. The molecule has 1 heterocycles. The van der Waals surface area contributed by atoms with Crippen LogP contribution >= 0.6 is 15.9 Å². The predicted octanol–water partition coefficient (Wildman–Crippen LogP) is 2.60. The van der Waals surface area contributed by atoms with Gasteiger partial charge in [0, 0.05) is 4.47 Å². The summed E-state index contributed by atoms with van der Waals surface area (Å²) in [7, 11) is 0. The summed E-state index contributed by atoms with van der Waals surface area (Å²) in [5.41, 5.74) is 0.480. The monoisotopic (exact) mass is 393 g/mol. The fraction of sp³-hybridized carbons (Fsp3) is 0.235. The molecule has 24 heavy (non-hydrogen) atoms. The van der Waals surface area contributed by atoms with Gasteiger partial charge in [-0.3, -0.25) is 4.79 Å². The molecule has 1 amide bonds. The number of amides is 1. The van der Waals surface area contributed by atoms with Crippen LogP contribution in [0.15, 0.2) is 46.9 Å². The highest BCUT2D eigenvalue weighted by Crippen LogP contribution is 2.36. The Morgan fingerprint density at radius 1 is 1.21 bits per heavy atom. The molecule has 0 aliphatic carbocycles. The van der Waals surface area contributed by atoms with Crippen LogP contribution in [0.4, 0.5) is 5.69 Å². The maximum atomic E-state index is 11.4. The number of carbonyl (C=O) groups is 1. The van der Waals surface area contributed by atoms with E-state index in [9.17, 15) is 9.90 Å². The lowest BCUT2D eigenvalue weighted by Crippen LogP contribution is -2.27. The van der Waals surface area contributed by atoms with Crippen molar-refractivity contribution in [3.63, 3.8) is 0 Å². The van der Waals surface area contributed by atoms with E-state index in [1.54, 1.807) is 24.3 Å². The van der Waals surface area contributed by atoms with E-state index in [4.69, 9.17) is 14.2 Å². The third kappa shape index (κ3) is 4.18. The van der Waals surface area contributed by atoms with Crippen LogP contribution in [0.3, 0.4) is 0 Å². The molecule has 0 saturated carbocycles. The topological polar surface area (TPSA) is 77.0 Å². The summed E-state index contributed by atoms with van der Waals surface area (Å²) < 4.78 is 17.3. The summed E-state index contributed by atoms with van der Waals surface area (Å²) in [6.45, 7) is 0.105. The van der Waals surface area contributed by atoms with Gasteiger partial charge in [0.2, 0.25) is 0 Å². The van der Waals surface area contributed by atoms with Gasteiger partial charge < -0.3 is 24.6 Å². The van der Waals surface area contributed by atoms with Crippen LogP contribution in [-0.2, 0) is 4.79 Å². The summed E-state index contributed by atoms with van der Waals surface area (Å²) >= 11 is 3.36. The van der Waals surface area contributed by atoms with Crippen LogP contribution < -0.4 is 19.5 Å². The first-order valence-electron chi connectivity index (χ1n) is 7.37. The van der Waals surface area contributed by atoms with E-state index in [2.05, 4.69) is 21.2 Å². The van der Waals surface area contributed by atoms with Crippen LogP contribution in [0.1, 0.15) is 0 Å². The average Bonchev–Trinajstić information content (AvgIpc) is 2.58. The van der Waals surface area contributed by atoms with E-state index in [0.717, 1.165) is 4.47 Å². The Hall–Kier alpha value is -2.25. The van der Waals surface area contributed by atoms with Crippen molar-refractivity contribution in [2.24, 2.45) is 0 Å². The standard InChI is InChI=1S/C17H16BrNO5/c18-11-3-1-4-13(7-11)22-8-12(20)9-23-14-5-2-6-15-17(14)19-16(21)10-24-15/h1-7,12,20H,8-10H2,(H,19,21). The largest absolute Gasteiger partial charge is 0.491 e. The first kappa shape index (κ1) is 16.6. The van der Waals surface area contributed by atoms with Gasteiger partial charge in [0.05, 0.1) is 0 Å². The van der Waals surface area contributed by atoms with E-state index >= 15 is 0 Å². The summed E-state index contributed by atoms with van der Waals surface area (Å²) in [6.07, 6.45) is -0.819. The number of ether oxygens (including phenoxy) is 3. The van der Waals surface area contributed by atoms with Gasteiger partial charge in [-0.25, -0.2) is 0 Å². The quantitative estimate of drug-likeness (QED) is 0.788. The third-order valence-electron chi connectivity index (χ3n) is 3.28. The predicted molar refractivity (Wildman–Crippen MR) is 91.7 cm³/mol. The smallest absolute Gasteiger partial charge is 0.262 e. The molecule has 0 radical (unpaired) electrons. The number of para-hydroxylation sites is 1. The lowest BCUT2D eigenvalue weighted by Gasteiger charge is -2.21. The molecule has 0 saturated heterocycles. The fourth-order valence-electron chi connectivity index (χ4n) is 2.18. The number of nitrogens with one attached hydrogen (secondary N) is 1. The molecular formula is C17H16BrNO5. The number of aliphatic hydroxyl groups excluding tert-OH is 1. The Labute approximate surface area is 147 Å². The van der Waals surface area contributed by atoms with Crippen molar-refractivity contribution in [1.29, 1.82) is 0 Å². The second kappa shape index (κ2) is 7.55. The molecule has 6 nitrogen and oxygen atoms in total. The van der Waals surface area contributed by atoms with Gasteiger partial charge in [-0.05, 0) is 30.3 Å². The molecule has 0 spiro atoms. The minimum Gasteiger partial charge on any atom is -0.491 e. The van der Waals surface area contributed by atoms with Crippen LogP contribution in [-0.4, -0.2) is 36.9 Å². The Morgan fingerprint density at radius 3 is 2.83 bits per heavy atom. The summed E-state index contributed by atoms with van der Waals surface area (Å²) in [4.78, 5) is 11.4. The van der Waals surface area contributed by atoms with Crippen molar-refractivity contribution in [2.45, 2.75) is 6.10 Å². The average molecular weight is 394 g/mol. The number of carbonyl (C=O) groups excluding carboxylic acids is 1. The van der Waals surface area contributed by atoms with Crippen molar-refractivity contribution in [1.82, 2.24) is 0 Å². The molecule has 1 aliphatic heterocycles. The van der Waals surface area contributed by atoms with Crippen LogP contribution in [0.5, 0.6) is 17.2 Å². The minimum atomic E-state index is -0.819. The Bertz CT molecular complexity index is 737. The molecular weight excluding hydrogens is 378 g/mol. The SMILES string of the molecule is O=C1COc2cccc(OCC(O)COc3cccc(Br)c3)c2N1. The highest BCUT2D eigenvalue weighted by Gasteiger charge is 2.20. The first-order chi connectivity index (χ1) is 11.6. The number of rotatable bonds is 6. The lowest BCUT2D eigenvalue weighted by molar-refractivity contribution is -0.118. The molecule has 0 fully saturated rings. The van der Waals surface area contributed by atoms with Crippen molar-refractivity contribution in [3.05, 3.63) is 46.9 Å². The zero-order valence-corrected chi connectivity index (χ0v) is 14.3. The summed E-state index contributed by atoms with van der Waals surface area (Å²) in [6, 6.07) is 12.6. The van der Waals surface area contributed by atoms with Gasteiger partial charge >= 0.3 is 0 Å². The maximum Gasteiger partial charge on any atom is 0.262 e. The van der Waals surface area contributed by atoms with Gasteiger partial charge in [0.15, 0.2) is 6.61 Å². The van der Waals surface area contributed by atoms with Crippen LogP contribution in [0.2, 0.25) is 0 Å². The van der Waals surface area contributed by atoms with Crippen molar-refractivity contribution < 1.29 is 24.1 Å². The molecule has 1 atom stereocenters. The molecule has 7 heteroatoms. The van der Waals surface area contributed by atoms with Crippen molar-refractivity contribution in [3.8, 4) is 17.2 Å². The second-order valence-corrected chi connectivity index (χ2v) is 6.12. The maximum absolute atomic E-state index is 11.4. The number of anilines is 1. The molecule has 2 aromatic carbocycles. The molecule has 3 rings (SSSR count). The van der Waals surface area contributed by atoms with E-state index in [1.807, 2.05) is 18.2 Å². The molecule has 1 aliphatic rings. The van der Waals surface area contributed by atoms with Gasteiger partial charge in [-0.15, -0.1) is 0 Å². The number of halogens is 1. The summed E-state index contributed by atoms with van der Waals surface area (Å²) in [5.74, 6) is 1.41. The van der Waals surface area contributed by atoms with E-state index in [1.165, 1.54) is 0 Å². The fourth-order valence-corrected chi connectivity index (χ4v) is 2.56. The summed E-state index contributed by atoms with van der Waals surface area (Å²) in [5, 5.41) is 12.7. The zero-order valence-electron chi connectivity index (χ0n) is 12.7. The number of fused-ring (bicyclic) bond motifs is 1. The molecule has 1 unspecified atom stereocenters. The van der Waals surface area contributed by atoms with E-state index in [0.29, 0.717) is 22.9 Å². The Kier molecular flexibility index (Phi) is 5.22. The van der Waals surface area contributed by atoms with Crippen LogP contribution in [0.25, 0.3) is 0 Å². The highest BCUT2D eigenvalue weighted by atomic mass is 79.9. The van der Waals surface area contributed by atoms with Gasteiger partial charge in [-0.1, -0.05) is 28.1 Å². The number of aliphatic hydroxyl groups is 1. The lowest BCUT2D eigenvalue weighted by atomic mass is 10.2. The second-order valence-electron chi connectivity index (χ2n) is 5.20. The number of hydrogen-bond acceptors (Lipinski definition) is 5. The highest BCUT2D eigenvalue weighted by molar-refractivity contribution is 9.10. The first-order valence-corrected chi connectivity index (χ1v) is 8.16. The molecule has 2 aromatic rings. The molecule has 0 bridgehead atoms.